The number of hydrogen-bond acceptors (Lipinski definition) is 4. The van der Waals surface area contributed by atoms with Gasteiger partial charge in [-0.3, -0.25) is 4.79 Å². The van der Waals surface area contributed by atoms with E-state index in [9.17, 15) is 27.9 Å². The SMILES string of the molecule is O=C(Cc1ccc(OC(F)(F)F)cc1)N/C(=C\c1ccc(Oc2ccccc2Br)cc1)C(=O)O. The highest BCUT2D eigenvalue weighted by molar-refractivity contribution is 9.10. The van der Waals surface area contributed by atoms with Crippen molar-refractivity contribution in [3.63, 3.8) is 0 Å². The standard InChI is InChI=1S/C24H17BrF3NO5/c25-19-3-1-2-4-21(19)33-17-9-5-15(6-10-17)13-20(23(31)32)29-22(30)14-16-7-11-18(12-8-16)34-24(26,27)28/h1-13H,14H2,(H,29,30)(H,31,32)/b20-13-. The number of alkyl halides is 3. The van der Waals surface area contributed by atoms with Crippen molar-refractivity contribution in [1.82, 2.24) is 5.32 Å². The maximum atomic E-state index is 12.3. The average Bonchev–Trinajstić information content (AvgIpc) is 2.76. The molecule has 0 aromatic heterocycles. The summed E-state index contributed by atoms with van der Waals surface area (Å²) in [5.41, 5.74) is 0.526. The lowest BCUT2D eigenvalue weighted by Crippen LogP contribution is -2.28. The van der Waals surface area contributed by atoms with E-state index >= 15 is 0 Å². The van der Waals surface area contributed by atoms with Gasteiger partial charge in [-0.25, -0.2) is 4.79 Å². The van der Waals surface area contributed by atoms with E-state index in [1.165, 1.54) is 18.2 Å². The predicted octanol–water partition coefficient (Wildman–Crippen LogP) is 5.92. The molecule has 34 heavy (non-hydrogen) atoms. The molecule has 3 aromatic rings. The van der Waals surface area contributed by atoms with Crippen LogP contribution in [0.3, 0.4) is 0 Å². The van der Waals surface area contributed by atoms with Crippen LogP contribution in [-0.4, -0.2) is 23.3 Å². The Bertz CT molecular complexity index is 1190. The predicted molar refractivity (Wildman–Crippen MR) is 121 cm³/mol. The molecule has 2 N–H and O–H groups in total. The molecule has 0 unspecified atom stereocenters. The second kappa shape index (κ2) is 10.9. The summed E-state index contributed by atoms with van der Waals surface area (Å²) in [6, 6.07) is 18.6. The van der Waals surface area contributed by atoms with Gasteiger partial charge in [0.1, 0.15) is 22.9 Å². The second-order valence-corrected chi connectivity index (χ2v) is 7.74. The van der Waals surface area contributed by atoms with E-state index in [1.54, 1.807) is 30.3 Å². The van der Waals surface area contributed by atoms with E-state index in [-0.39, 0.29) is 12.1 Å². The zero-order valence-electron chi connectivity index (χ0n) is 17.3. The van der Waals surface area contributed by atoms with Crippen LogP contribution in [0.5, 0.6) is 17.2 Å². The minimum absolute atomic E-state index is 0.240. The number of carbonyl (C=O) groups excluding carboxylic acids is 1. The van der Waals surface area contributed by atoms with Crippen LogP contribution >= 0.6 is 15.9 Å². The summed E-state index contributed by atoms with van der Waals surface area (Å²) in [7, 11) is 0. The molecule has 3 rings (SSSR count). The fourth-order valence-corrected chi connectivity index (χ4v) is 3.16. The van der Waals surface area contributed by atoms with Crippen LogP contribution in [0.25, 0.3) is 6.08 Å². The number of aliphatic carboxylic acids is 1. The van der Waals surface area contributed by atoms with E-state index in [4.69, 9.17) is 4.74 Å². The first-order chi connectivity index (χ1) is 16.1. The van der Waals surface area contributed by atoms with Gasteiger partial charge in [0.2, 0.25) is 5.91 Å². The number of para-hydroxylation sites is 1. The zero-order valence-corrected chi connectivity index (χ0v) is 18.9. The van der Waals surface area contributed by atoms with Crippen LogP contribution in [0.15, 0.2) is 83.0 Å². The third-order valence-corrected chi connectivity index (χ3v) is 4.94. The molecule has 3 aromatic carbocycles. The third-order valence-electron chi connectivity index (χ3n) is 4.28. The van der Waals surface area contributed by atoms with Crippen molar-refractivity contribution in [3.05, 3.63) is 94.1 Å². The number of amides is 1. The van der Waals surface area contributed by atoms with Crippen LogP contribution in [0.4, 0.5) is 13.2 Å². The van der Waals surface area contributed by atoms with Crippen LogP contribution in [0.1, 0.15) is 11.1 Å². The average molecular weight is 536 g/mol. The van der Waals surface area contributed by atoms with Gasteiger partial charge in [0, 0.05) is 0 Å². The summed E-state index contributed by atoms with van der Waals surface area (Å²) in [4.78, 5) is 23.8. The first-order valence-corrected chi connectivity index (χ1v) is 10.5. The van der Waals surface area contributed by atoms with Gasteiger partial charge in [0.25, 0.3) is 0 Å². The number of carbonyl (C=O) groups is 2. The van der Waals surface area contributed by atoms with Gasteiger partial charge in [-0.2, -0.15) is 0 Å². The lowest BCUT2D eigenvalue weighted by Gasteiger charge is -2.10. The molecule has 0 fully saturated rings. The van der Waals surface area contributed by atoms with Crippen molar-refractivity contribution in [3.8, 4) is 17.2 Å². The van der Waals surface area contributed by atoms with Gasteiger partial charge >= 0.3 is 12.3 Å². The highest BCUT2D eigenvalue weighted by atomic mass is 79.9. The fraction of sp³-hybridized carbons (Fsp3) is 0.0833. The molecule has 0 saturated carbocycles. The van der Waals surface area contributed by atoms with Crippen molar-refractivity contribution >= 4 is 33.9 Å². The largest absolute Gasteiger partial charge is 0.573 e. The normalized spacial score (nSPS) is 11.6. The Morgan fingerprint density at radius 2 is 1.56 bits per heavy atom. The Morgan fingerprint density at radius 1 is 0.941 bits per heavy atom. The Hall–Kier alpha value is -3.79. The van der Waals surface area contributed by atoms with Crippen molar-refractivity contribution in [2.75, 3.05) is 0 Å². The molecule has 0 saturated heterocycles. The van der Waals surface area contributed by atoms with Gasteiger partial charge < -0.3 is 19.9 Å². The third kappa shape index (κ3) is 7.66. The summed E-state index contributed by atoms with van der Waals surface area (Å²) >= 11 is 3.39. The summed E-state index contributed by atoms with van der Waals surface area (Å²) in [5.74, 6) is -1.28. The molecule has 176 valence electrons. The lowest BCUT2D eigenvalue weighted by atomic mass is 10.1. The molecule has 0 atom stereocenters. The van der Waals surface area contributed by atoms with Crippen LogP contribution in [-0.2, 0) is 16.0 Å². The summed E-state index contributed by atoms with van der Waals surface area (Å²) in [5, 5.41) is 11.7. The van der Waals surface area contributed by atoms with Gasteiger partial charge in [0.05, 0.1) is 10.9 Å². The minimum atomic E-state index is -4.82. The molecule has 1 amide bonds. The highest BCUT2D eigenvalue weighted by Crippen LogP contribution is 2.29. The lowest BCUT2D eigenvalue weighted by molar-refractivity contribution is -0.274. The number of hydrogen-bond donors (Lipinski definition) is 2. The number of halogens is 4. The number of carboxylic acid groups (broad SMARTS) is 1. The topological polar surface area (TPSA) is 84.9 Å². The van der Waals surface area contributed by atoms with Crippen molar-refractivity contribution in [2.45, 2.75) is 12.8 Å². The van der Waals surface area contributed by atoms with Crippen LogP contribution in [0.2, 0.25) is 0 Å². The van der Waals surface area contributed by atoms with Gasteiger partial charge in [-0.1, -0.05) is 36.4 Å². The Kier molecular flexibility index (Phi) is 7.95. The zero-order chi connectivity index (χ0) is 24.7. The molecule has 0 spiro atoms. The fourth-order valence-electron chi connectivity index (χ4n) is 2.79. The number of nitrogens with one attached hydrogen (secondary N) is 1. The van der Waals surface area contributed by atoms with Crippen molar-refractivity contribution < 1.29 is 37.3 Å². The maximum absolute atomic E-state index is 12.3. The van der Waals surface area contributed by atoms with Crippen molar-refractivity contribution in [2.24, 2.45) is 0 Å². The molecule has 0 aliphatic rings. The number of benzene rings is 3. The van der Waals surface area contributed by atoms with E-state index < -0.39 is 24.0 Å². The van der Waals surface area contributed by atoms with Gasteiger partial charge in [-0.15, -0.1) is 13.2 Å². The molecule has 0 aliphatic carbocycles. The number of carboxylic acids is 1. The molecule has 0 bridgehead atoms. The van der Waals surface area contributed by atoms with Crippen molar-refractivity contribution in [1.29, 1.82) is 0 Å². The highest BCUT2D eigenvalue weighted by Gasteiger charge is 2.31. The molecule has 6 nitrogen and oxygen atoms in total. The van der Waals surface area contributed by atoms with Crippen LogP contribution < -0.4 is 14.8 Å². The first kappa shape index (κ1) is 24.8. The molecular weight excluding hydrogens is 519 g/mol. The van der Waals surface area contributed by atoms with E-state index in [2.05, 4.69) is 26.0 Å². The summed E-state index contributed by atoms with van der Waals surface area (Å²) < 4.78 is 47.0. The second-order valence-electron chi connectivity index (χ2n) is 6.88. The number of rotatable bonds is 8. The molecule has 0 radical (unpaired) electrons. The molecule has 0 heterocycles. The minimum Gasteiger partial charge on any atom is -0.477 e. The number of ether oxygens (including phenoxy) is 2. The monoisotopic (exact) mass is 535 g/mol. The molecule has 10 heteroatoms. The first-order valence-electron chi connectivity index (χ1n) is 9.71. The van der Waals surface area contributed by atoms with Gasteiger partial charge in [-0.05, 0) is 69.5 Å². The van der Waals surface area contributed by atoms with E-state index in [0.29, 0.717) is 22.6 Å². The summed E-state index contributed by atoms with van der Waals surface area (Å²) in [6.45, 7) is 0. The van der Waals surface area contributed by atoms with Gasteiger partial charge in [0.15, 0.2) is 0 Å². The quantitative estimate of drug-likeness (QED) is 0.349. The Balaban J connectivity index is 1.64. The maximum Gasteiger partial charge on any atom is 0.573 e. The summed E-state index contributed by atoms with van der Waals surface area (Å²) in [6.07, 6.45) is -3.78. The molecular formula is C24H17BrF3NO5. The van der Waals surface area contributed by atoms with E-state index in [0.717, 1.165) is 16.6 Å². The smallest absolute Gasteiger partial charge is 0.477 e. The van der Waals surface area contributed by atoms with E-state index in [1.807, 2.05) is 18.2 Å². The van der Waals surface area contributed by atoms with Crippen LogP contribution in [0, 0.1) is 0 Å². The Labute approximate surface area is 200 Å². The Morgan fingerprint density at radius 3 is 2.15 bits per heavy atom. The molecule has 0 aliphatic heterocycles.